The normalized spacial score (nSPS) is 20.5. The highest BCUT2D eigenvalue weighted by Crippen LogP contribution is 2.08. The average Bonchev–Trinajstić information content (AvgIpc) is 2.90. The molecule has 0 spiro atoms. The summed E-state index contributed by atoms with van der Waals surface area (Å²) in [6, 6.07) is 0.205. The maximum absolute atomic E-state index is 12.2. The van der Waals surface area contributed by atoms with E-state index in [2.05, 4.69) is 24.3 Å². The second-order valence-electron chi connectivity index (χ2n) is 5.76. The zero-order chi connectivity index (χ0) is 15.2. The highest BCUT2D eigenvalue weighted by Gasteiger charge is 2.22. The molecule has 1 fully saturated rings. The monoisotopic (exact) mass is 294 g/mol. The predicted molar refractivity (Wildman–Crippen MR) is 81.0 cm³/mol. The molecule has 0 bridgehead atoms. The quantitative estimate of drug-likeness (QED) is 0.843. The molecule has 118 valence electrons. The lowest BCUT2D eigenvalue weighted by Crippen LogP contribution is -2.49. The number of morpholine rings is 1. The van der Waals surface area contributed by atoms with Crippen LogP contribution >= 0.6 is 0 Å². The summed E-state index contributed by atoms with van der Waals surface area (Å²) in [4.78, 5) is 14.1. The summed E-state index contributed by atoms with van der Waals surface area (Å²) >= 11 is 0. The number of nitrogens with zero attached hydrogens (tertiary/aromatic N) is 3. The Bertz CT molecular complexity index is 460. The van der Waals surface area contributed by atoms with Gasteiger partial charge in [0.2, 0.25) is 5.91 Å². The van der Waals surface area contributed by atoms with Crippen LogP contribution in [0.2, 0.25) is 0 Å². The van der Waals surface area contributed by atoms with E-state index in [-0.39, 0.29) is 18.1 Å². The fourth-order valence-corrected chi connectivity index (χ4v) is 2.48. The third-order valence-corrected chi connectivity index (χ3v) is 3.77. The maximum atomic E-state index is 12.2. The van der Waals surface area contributed by atoms with E-state index in [1.807, 2.05) is 28.9 Å². The molecular weight excluding hydrogens is 268 g/mol. The highest BCUT2D eigenvalue weighted by atomic mass is 16.5. The predicted octanol–water partition coefficient (Wildman–Crippen LogP) is 0.807. The molecule has 0 saturated carbocycles. The third kappa shape index (κ3) is 4.82. The van der Waals surface area contributed by atoms with Crippen molar-refractivity contribution in [2.45, 2.75) is 45.9 Å². The first-order chi connectivity index (χ1) is 10.1. The molecule has 2 rings (SSSR count). The van der Waals surface area contributed by atoms with Crippen LogP contribution in [0.5, 0.6) is 0 Å². The zero-order valence-electron chi connectivity index (χ0n) is 13.2. The van der Waals surface area contributed by atoms with E-state index < -0.39 is 0 Å². The van der Waals surface area contributed by atoms with E-state index in [4.69, 9.17) is 4.74 Å². The van der Waals surface area contributed by atoms with Crippen molar-refractivity contribution in [3.8, 4) is 0 Å². The number of rotatable bonds is 6. The number of carbonyl (C=O) groups is 1. The topological polar surface area (TPSA) is 59.4 Å². The molecule has 1 saturated heterocycles. The van der Waals surface area contributed by atoms with Crippen LogP contribution in [0.4, 0.5) is 0 Å². The molecule has 1 aromatic heterocycles. The fraction of sp³-hybridized carbons (Fsp3) is 0.733. The third-order valence-electron chi connectivity index (χ3n) is 3.77. The Morgan fingerprint density at radius 3 is 3.10 bits per heavy atom. The number of aromatic nitrogens is 2. The molecule has 6 nitrogen and oxygen atoms in total. The van der Waals surface area contributed by atoms with Crippen LogP contribution in [-0.2, 0) is 16.1 Å². The summed E-state index contributed by atoms with van der Waals surface area (Å²) < 4.78 is 7.49. The van der Waals surface area contributed by atoms with Crippen LogP contribution in [0, 0.1) is 6.92 Å². The highest BCUT2D eigenvalue weighted by molar-refractivity contribution is 5.78. The zero-order valence-corrected chi connectivity index (χ0v) is 13.2. The second-order valence-corrected chi connectivity index (χ2v) is 5.76. The van der Waals surface area contributed by atoms with Gasteiger partial charge < -0.3 is 15.0 Å². The van der Waals surface area contributed by atoms with Crippen molar-refractivity contribution >= 4 is 5.91 Å². The molecule has 2 unspecified atom stereocenters. The van der Waals surface area contributed by atoms with E-state index in [0.29, 0.717) is 26.2 Å². The van der Waals surface area contributed by atoms with E-state index in [1.165, 1.54) is 0 Å². The summed E-state index contributed by atoms with van der Waals surface area (Å²) in [5, 5.41) is 7.54. The van der Waals surface area contributed by atoms with Crippen molar-refractivity contribution in [1.82, 2.24) is 20.0 Å². The SMILES string of the molecule is CCC1CN(C(=O)CNC(C)Cn2cc(C)cn2)CCO1. The van der Waals surface area contributed by atoms with Gasteiger partial charge in [0.15, 0.2) is 0 Å². The number of amides is 1. The standard InChI is InChI=1S/C15H26N4O2/c1-4-14-11-18(5-6-21-14)15(20)8-16-13(3)10-19-9-12(2)7-17-19/h7,9,13-14,16H,4-6,8,10-11H2,1-3H3. The van der Waals surface area contributed by atoms with Gasteiger partial charge in [-0.3, -0.25) is 9.48 Å². The number of hydrogen-bond donors (Lipinski definition) is 1. The van der Waals surface area contributed by atoms with Gasteiger partial charge in [0, 0.05) is 25.3 Å². The van der Waals surface area contributed by atoms with Gasteiger partial charge in [0.05, 0.1) is 32.0 Å². The van der Waals surface area contributed by atoms with Crippen molar-refractivity contribution in [3.05, 3.63) is 18.0 Å². The summed E-state index contributed by atoms with van der Waals surface area (Å²) in [6.07, 6.45) is 4.99. The summed E-state index contributed by atoms with van der Waals surface area (Å²) in [5.74, 6) is 0.153. The number of aryl methyl sites for hydroxylation is 1. The molecule has 2 heterocycles. The fourth-order valence-electron chi connectivity index (χ4n) is 2.48. The average molecular weight is 294 g/mol. The Morgan fingerprint density at radius 1 is 1.62 bits per heavy atom. The Kier molecular flexibility index (Phi) is 5.76. The van der Waals surface area contributed by atoms with Crippen LogP contribution in [-0.4, -0.2) is 59.0 Å². The molecule has 1 aromatic rings. The van der Waals surface area contributed by atoms with Gasteiger partial charge in [0.25, 0.3) is 0 Å². The molecule has 1 amide bonds. The minimum absolute atomic E-state index is 0.153. The van der Waals surface area contributed by atoms with Gasteiger partial charge in [-0.1, -0.05) is 6.92 Å². The summed E-state index contributed by atoms with van der Waals surface area (Å²) in [6.45, 7) is 9.37. The van der Waals surface area contributed by atoms with E-state index >= 15 is 0 Å². The number of carbonyl (C=O) groups excluding carboxylic acids is 1. The van der Waals surface area contributed by atoms with Gasteiger partial charge in [0.1, 0.15) is 0 Å². The van der Waals surface area contributed by atoms with Gasteiger partial charge >= 0.3 is 0 Å². The Morgan fingerprint density at radius 2 is 2.43 bits per heavy atom. The Hall–Kier alpha value is -1.40. The Balaban J connectivity index is 1.72. The molecule has 1 aliphatic rings. The molecule has 0 radical (unpaired) electrons. The summed E-state index contributed by atoms with van der Waals surface area (Å²) in [7, 11) is 0. The molecule has 1 N–H and O–H groups in total. The van der Waals surface area contributed by atoms with Crippen molar-refractivity contribution in [3.63, 3.8) is 0 Å². The number of hydrogen-bond acceptors (Lipinski definition) is 4. The van der Waals surface area contributed by atoms with E-state index in [0.717, 1.165) is 18.5 Å². The first-order valence-corrected chi connectivity index (χ1v) is 7.70. The number of ether oxygens (including phenoxy) is 1. The lowest BCUT2D eigenvalue weighted by Gasteiger charge is -2.32. The molecule has 6 heteroatoms. The smallest absolute Gasteiger partial charge is 0.236 e. The maximum Gasteiger partial charge on any atom is 0.236 e. The van der Waals surface area contributed by atoms with Crippen LogP contribution in [0.1, 0.15) is 25.8 Å². The van der Waals surface area contributed by atoms with Crippen molar-refractivity contribution in [2.24, 2.45) is 0 Å². The molecule has 1 aliphatic heterocycles. The van der Waals surface area contributed by atoms with Gasteiger partial charge in [-0.2, -0.15) is 5.10 Å². The van der Waals surface area contributed by atoms with Crippen molar-refractivity contribution in [1.29, 1.82) is 0 Å². The minimum atomic E-state index is 0.153. The lowest BCUT2D eigenvalue weighted by molar-refractivity contribution is -0.138. The number of nitrogens with one attached hydrogen (secondary N) is 1. The molecule has 0 aromatic carbocycles. The minimum Gasteiger partial charge on any atom is -0.375 e. The van der Waals surface area contributed by atoms with Crippen LogP contribution in [0.3, 0.4) is 0 Å². The second kappa shape index (κ2) is 7.56. The van der Waals surface area contributed by atoms with Crippen LogP contribution < -0.4 is 5.32 Å². The lowest BCUT2D eigenvalue weighted by atomic mass is 10.2. The van der Waals surface area contributed by atoms with Gasteiger partial charge in [-0.15, -0.1) is 0 Å². The van der Waals surface area contributed by atoms with E-state index in [9.17, 15) is 4.79 Å². The van der Waals surface area contributed by atoms with Gasteiger partial charge in [-0.05, 0) is 25.8 Å². The van der Waals surface area contributed by atoms with E-state index in [1.54, 1.807) is 0 Å². The van der Waals surface area contributed by atoms with Crippen LogP contribution in [0.15, 0.2) is 12.4 Å². The van der Waals surface area contributed by atoms with Crippen molar-refractivity contribution in [2.75, 3.05) is 26.2 Å². The Labute approximate surface area is 126 Å². The van der Waals surface area contributed by atoms with Crippen molar-refractivity contribution < 1.29 is 9.53 Å². The molecule has 2 atom stereocenters. The first kappa shape index (κ1) is 16.0. The summed E-state index contributed by atoms with van der Waals surface area (Å²) in [5.41, 5.74) is 1.15. The van der Waals surface area contributed by atoms with Crippen LogP contribution in [0.25, 0.3) is 0 Å². The first-order valence-electron chi connectivity index (χ1n) is 7.70. The molecule has 0 aliphatic carbocycles. The van der Waals surface area contributed by atoms with Gasteiger partial charge in [-0.25, -0.2) is 0 Å². The molecule has 21 heavy (non-hydrogen) atoms. The molecular formula is C15H26N4O2. The largest absolute Gasteiger partial charge is 0.375 e.